The highest BCUT2D eigenvalue weighted by Gasteiger charge is 2.21. The van der Waals surface area contributed by atoms with Crippen molar-refractivity contribution < 1.29 is 4.74 Å². The number of ether oxygens (including phenoxy) is 1. The molecule has 2 rings (SSSR count). The third-order valence-electron chi connectivity index (χ3n) is 3.57. The van der Waals surface area contributed by atoms with Crippen molar-refractivity contribution >= 4 is 57.2 Å². The van der Waals surface area contributed by atoms with Gasteiger partial charge in [-0.05, 0) is 53.7 Å². The maximum absolute atomic E-state index is 5.71. The maximum atomic E-state index is 5.71. The van der Waals surface area contributed by atoms with E-state index in [-0.39, 0.29) is 24.0 Å². The summed E-state index contributed by atoms with van der Waals surface area (Å²) in [6.45, 7) is 6.37. The fraction of sp³-hybridized carbons (Fsp3) is 0.688. The van der Waals surface area contributed by atoms with Crippen LogP contribution < -0.4 is 5.32 Å². The van der Waals surface area contributed by atoms with E-state index in [1.165, 1.54) is 21.5 Å². The van der Waals surface area contributed by atoms with E-state index in [2.05, 4.69) is 52.3 Å². The molecule has 1 aliphatic rings. The molecule has 7 heteroatoms. The molecule has 0 bridgehead atoms. The number of nitrogens with zero attached hydrogens (tertiary/aromatic N) is 2. The first-order valence-electron chi connectivity index (χ1n) is 8.00. The van der Waals surface area contributed by atoms with Crippen LogP contribution in [0.4, 0.5) is 0 Å². The smallest absolute Gasteiger partial charge is 0.193 e. The molecule has 0 saturated heterocycles. The summed E-state index contributed by atoms with van der Waals surface area (Å²) >= 11 is 5.28. The molecule has 0 amide bonds. The first kappa shape index (κ1) is 21.2. The van der Waals surface area contributed by atoms with E-state index in [0.29, 0.717) is 0 Å². The summed E-state index contributed by atoms with van der Waals surface area (Å²) in [6, 6.07) is 4.25. The fourth-order valence-corrected chi connectivity index (χ4v) is 3.54. The second-order valence-corrected chi connectivity index (χ2v) is 8.18. The molecule has 0 spiro atoms. The van der Waals surface area contributed by atoms with Gasteiger partial charge in [-0.25, -0.2) is 0 Å². The number of rotatable bonds is 9. The molecular formula is C16H27BrIN3OS. The molecule has 1 fully saturated rings. The largest absolute Gasteiger partial charge is 0.379 e. The van der Waals surface area contributed by atoms with Crippen LogP contribution in [0.25, 0.3) is 0 Å². The van der Waals surface area contributed by atoms with Gasteiger partial charge in [0.1, 0.15) is 0 Å². The zero-order chi connectivity index (χ0) is 15.8. The Morgan fingerprint density at radius 2 is 2.26 bits per heavy atom. The van der Waals surface area contributed by atoms with Crippen LogP contribution in [-0.4, -0.2) is 50.8 Å². The van der Waals surface area contributed by atoms with E-state index in [0.717, 1.165) is 51.1 Å². The van der Waals surface area contributed by atoms with Gasteiger partial charge in [-0.15, -0.1) is 35.3 Å². The third kappa shape index (κ3) is 8.69. The number of guanidine groups is 1. The van der Waals surface area contributed by atoms with Crippen molar-refractivity contribution in [3.05, 3.63) is 20.8 Å². The van der Waals surface area contributed by atoms with Crippen LogP contribution >= 0.6 is 51.2 Å². The zero-order valence-electron chi connectivity index (χ0n) is 13.9. The van der Waals surface area contributed by atoms with Gasteiger partial charge < -0.3 is 15.0 Å². The predicted molar refractivity (Wildman–Crippen MR) is 113 cm³/mol. The minimum Gasteiger partial charge on any atom is -0.379 e. The van der Waals surface area contributed by atoms with Gasteiger partial charge >= 0.3 is 0 Å². The van der Waals surface area contributed by atoms with Crippen molar-refractivity contribution in [3.63, 3.8) is 0 Å². The van der Waals surface area contributed by atoms with Gasteiger partial charge in [-0.1, -0.05) is 0 Å². The van der Waals surface area contributed by atoms with E-state index >= 15 is 0 Å². The quantitative estimate of drug-likeness (QED) is 0.234. The molecule has 0 aliphatic heterocycles. The standard InChI is InChI=1S/C16H26BrN3OS.HI/c1-3-18-16(19-9-8-14-6-7-15(17)22-14)20(2)10-11-21-12-13-4-5-13;/h6-7,13H,3-5,8-12H2,1-2H3,(H,18,19);1H. The number of hydrogen-bond acceptors (Lipinski definition) is 3. The highest BCUT2D eigenvalue weighted by atomic mass is 127. The summed E-state index contributed by atoms with van der Waals surface area (Å²) in [5.41, 5.74) is 0. The van der Waals surface area contributed by atoms with Crippen molar-refractivity contribution in [1.29, 1.82) is 0 Å². The second-order valence-electron chi connectivity index (χ2n) is 5.63. The monoisotopic (exact) mass is 515 g/mol. The van der Waals surface area contributed by atoms with Crippen LogP contribution in [0.1, 0.15) is 24.6 Å². The highest BCUT2D eigenvalue weighted by molar-refractivity contribution is 14.0. The molecule has 1 aliphatic carbocycles. The Balaban J connectivity index is 0.00000264. The lowest BCUT2D eigenvalue weighted by Gasteiger charge is -2.22. The first-order valence-corrected chi connectivity index (χ1v) is 9.61. The maximum Gasteiger partial charge on any atom is 0.193 e. The number of likely N-dealkylation sites (N-methyl/N-ethyl adjacent to an activating group) is 1. The van der Waals surface area contributed by atoms with Crippen molar-refractivity contribution in [2.45, 2.75) is 26.2 Å². The van der Waals surface area contributed by atoms with Crippen LogP contribution in [0.3, 0.4) is 0 Å². The van der Waals surface area contributed by atoms with Gasteiger partial charge in [0.15, 0.2) is 5.96 Å². The molecule has 23 heavy (non-hydrogen) atoms. The highest BCUT2D eigenvalue weighted by Crippen LogP contribution is 2.28. The number of nitrogens with one attached hydrogen (secondary N) is 1. The van der Waals surface area contributed by atoms with Crippen LogP contribution in [0.15, 0.2) is 20.9 Å². The Labute approximate surface area is 169 Å². The lowest BCUT2D eigenvalue weighted by atomic mass is 10.3. The number of halogens is 2. The van der Waals surface area contributed by atoms with E-state index in [1.54, 1.807) is 11.3 Å². The molecular weight excluding hydrogens is 489 g/mol. The van der Waals surface area contributed by atoms with Gasteiger partial charge in [-0.3, -0.25) is 4.99 Å². The third-order valence-corrected chi connectivity index (χ3v) is 5.25. The fourth-order valence-electron chi connectivity index (χ4n) is 2.07. The summed E-state index contributed by atoms with van der Waals surface area (Å²) in [5, 5.41) is 3.35. The molecule has 1 aromatic rings. The second kappa shape index (κ2) is 11.7. The van der Waals surface area contributed by atoms with Crippen molar-refractivity contribution in [3.8, 4) is 0 Å². The average molecular weight is 516 g/mol. The molecule has 1 heterocycles. The molecule has 132 valence electrons. The number of aliphatic imine (C=N–C) groups is 1. The molecule has 0 atom stereocenters. The molecule has 0 aromatic carbocycles. The SMILES string of the molecule is CCNC(=NCCc1ccc(Br)s1)N(C)CCOCC1CC1.I. The summed E-state index contributed by atoms with van der Waals surface area (Å²) in [5.74, 6) is 1.80. The molecule has 0 unspecified atom stereocenters. The Morgan fingerprint density at radius 3 is 2.87 bits per heavy atom. The summed E-state index contributed by atoms with van der Waals surface area (Å²) in [7, 11) is 2.07. The summed E-state index contributed by atoms with van der Waals surface area (Å²) < 4.78 is 6.89. The van der Waals surface area contributed by atoms with Gasteiger partial charge in [0.25, 0.3) is 0 Å². The first-order chi connectivity index (χ1) is 10.7. The van der Waals surface area contributed by atoms with Crippen molar-refractivity contribution in [2.24, 2.45) is 10.9 Å². The summed E-state index contributed by atoms with van der Waals surface area (Å²) in [6.07, 6.45) is 3.68. The topological polar surface area (TPSA) is 36.9 Å². The number of thiophene rings is 1. The molecule has 1 saturated carbocycles. The summed E-state index contributed by atoms with van der Waals surface area (Å²) in [4.78, 5) is 8.23. The molecule has 1 aromatic heterocycles. The van der Waals surface area contributed by atoms with E-state index in [1.807, 2.05) is 0 Å². The van der Waals surface area contributed by atoms with Gasteiger partial charge in [0.2, 0.25) is 0 Å². The normalized spacial score (nSPS) is 14.5. The Bertz CT molecular complexity index is 480. The minimum absolute atomic E-state index is 0. The van der Waals surface area contributed by atoms with Gasteiger partial charge in [0.05, 0.1) is 10.4 Å². The van der Waals surface area contributed by atoms with Gasteiger partial charge in [0, 0.05) is 44.6 Å². The van der Waals surface area contributed by atoms with E-state index in [4.69, 9.17) is 9.73 Å². The Hall–Kier alpha value is 0.140. The van der Waals surface area contributed by atoms with E-state index in [9.17, 15) is 0 Å². The van der Waals surface area contributed by atoms with Gasteiger partial charge in [-0.2, -0.15) is 0 Å². The zero-order valence-corrected chi connectivity index (χ0v) is 18.6. The molecule has 0 radical (unpaired) electrons. The van der Waals surface area contributed by atoms with Crippen LogP contribution in [0.2, 0.25) is 0 Å². The lowest BCUT2D eigenvalue weighted by molar-refractivity contribution is 0.115. The van der Waals surface area contributed by atoms with Crippen molar-refractivity contribution in [1.82, 2.24) is 10.2 Å². The van der Waals surface area contributed by atoms with Crippen LogP contribution in [0.5, 0.6) is 0 Å². The van der Waals surface area contributed by atoms with E-state index < -0.39 is 0 Å². The van der Waals surface area contributed by atoms with Crippen LogP contribution in [-0.2, 0) is 11.2 Å². The molecule has 4 nitrogen and oxygen atoms in total. The Kier molecular flexibility index (Phi) is 10.7. The van der Waals surface area contributed by atoms with Crippen LogP contribution in [0, 0.1) is 5.92 Å². The lowest BCUT2D eigenvalue weighted by Crippen LogP contribution is -2.40. The minimum atomic E-state index is 0. The average Bonchev–Trinajstić information content (AvgIpc) is 3.24. The predicted octanol–water partition coefficient (Wildman–Crippen LogP) is 4.00. The molecule has 1 N–H and O–H groups in total. The van der Waals surface area contributed by atoms with Crippen molar-refractivity contribution in [2.75, 3.05) is 39.9 Å². The Morgan fingerprint density at radius 1 is 1.48 bits per heavy atom. The number of hydrogen-bond donors (Lipinski definition) is 1.